The molecule has 0 atom stereocenters. The Hall–Kier alpha value is -0.150. The molecule has 0 aromatic carbocycles. The van der Waals surface area contributed by atoms with Crippen LogP contribution in [0.5, 0.6) is 0 Å². The van der Waals surface area contributed by atoms with Crippen molar-refractivity contribution in [2.24, 2.45) is 0 Å². The van der Waals surface area contributed by atoms with Crippen molar-refractivity contribution < 1.29 is 4.39 Å². The van der Waals surface area contributed by atoms with E-state index in [0.29, 0.717) is 12.1 Å². The van der Waals surface area contributed by atoms with Gasteiger partial charge in [0.15, 0.2) is 0 Å². The standard InChI is InChI=1S/C12H23FN2/c1-10(2)14-4-6-15(7-5-14)11-8-12(3,13)9-11/h10-11H,4-9H2,1-3H3. The highest BCUT2D eigenvalue weighted by Crippen LogP contribution is 2.38. The maximum Gasteiger partial charge on any atom is 0.111 e. The minimum atomic E-state index is -0.875. The fourth-order valence-electron chi connectivity index (χ4n) is 2.80. The molecular weight excluding hydrogens is 191 g/mol. The van der Waals surface area contributed by atoms with Crippen LogP contribution >= 0.6 is 0 Å². The SMILES string of the molecule is CC(C)N1CCN(C2CC(C)(F)C2)CC1. The topological polar surface area (TPSA) is 6.48 Å². The highest BCUT2D eigenvalue weighted by molar-refractivity contribution is 4.97. The zero-order chi connectivity index (χ0) is 11.1. The molecular formula is C12H23FN2. The predicted molar refractivity (Wildman–Crippen MR) is 60.8 cm³/mol. The van der Waals surface area contributed by atoms with Gasteiger partial charge in [-0.2, -0.15) is 0 Å². The molecule has 1 heterocycles. The molecule has 88 valence electrons. The monoisotopic (exact) mass is 214 g/mol. The summed E-state index contributed by atoms with van der Waals surface area (Å²) in [7, 11) is 0. The van der Waals surface area contributed by atoms with E-state index in [4.69, 9.17) is 0 Å². The van der Waals surface area contributed by atoms with Crippen LogP contribution in [-0.4, -0.2) is 53.7 Å². The third-order valence-electron chi connectivity index (χ3n) is 3.92. The van der Waals surface area contributed by atoms with Crippen molar-refractivity contribution in [3.63, 3.8) is 0 Å². The molecule has 0 unspecified atom stereocenters. The second-order valence-corrected chi connectivity index (χ2v) is 5.64. The molecule has 1 saturated carbocycles. The fourth-order valence-corrected chi connectivity index (χ4v) is 2.80. The van der Waals surface area contributed by atoms with Gasteiger partial charge in [0.05, 0.1) is 0 Å². The summed E-state index contributed by atoms with van der Waals surface area (Å²) in [4.78, 5) is 4.98. The van der Waals surface area contributed by atoms with E-state index in [0.717, 1.165) is 39.0 Å². The van der Waals surface area contributed by atoms with Crippen LogP contribution in [-0.2, 0) is 0 Å². The van der Waals surface area contributed by atoms with Crippen LogP contribution in [0.3, 0.4) is 0 Å². The predicted octanol–water partition coefficient (Wildman–Crippen LogP) is 1.90. The zero-order valence-corrected chi connectivity index (χ0v) is 10.2. The lowest BCUT2D eigenvalue weighted by molar-refractivity contribution is -0.0362. The molecule has 1 aliphatic heterocycles. The Morgan fingerprint density at radius 2 is 1.67 bits per heavy atom. The summed E-state index contributed by atoms with van der Waals surface area (Å²) in [6, 6.07) is 1.18. The van der Waals surface area contributed by atoms with Crippen molar-refractivity contribution in [2.75, 3.05) is 26.2 Å². The van der Waals surface area contributed by atoms with Crippen LogP contribution in [0, 0.1) is 0 Å². The van der Waals surface area contributed by atoms with Gasteiger partial charge in [-0.05, 0) is 33.6 Å². The average Bonchev–Trinajstić information content (AvgIpc) is 2.14. The number of nitrogens with zero attached hydrogens (tertiary/aromatic N) is 2. The van der Waals surface area contributed by atoms with Crippen LogP contribution in [0.15, 0.2) is 0 Å². The van der Waals surface area contributed by atoms with Crippen LogP contribution in [0.4, 0.5) is 4.39 Å². The van der Waals surface area contributed by atoms with E-state index in [9.17, 15) is 4.39 Å². The van der Waals surface area contributed by atoms with Gasteiger partial charge in [-0.15, -0.1) is 0 Å². The lowest BCUT2D eigenvalue weighted by atomic mass is 9.77. The summed E-state index contributed by atoms with van der Waals surface area (Å²) in [6.45, 7) is 10.8. The average molecular weight is 214 g/mol. The van der Waals surface area contributed by atoms with E-state index < -0.39 is 5.67 Å². The number of piperazine rings is 1. The molecule has 0 N–H and O–H groups in total. The summed E-state index contributed by atoms with van der Waals surface area (Å²) in [6.07, 6.45) is 1.49. The third-order valence-corrected chi connectivity index (χ3v) is 3.92. The molecule has 0 bridgehead atoms. The van der Waals surface area contributed by atoms with Gasteiger partial charge < -0.3 is 0 Å². The minimum absolute atomic E-state index is 0.523. The second kappa shape index (κ2) is 4.02. The van der Waals surface area contributed by atoms with Crippen LogP contribution in [0.2, 0.25) is 0 Å². The summed E-state index contributed by atoms with van der Waals surface area (Å²) < 4.78 is 13.4. The molecule has 1 aliphatic carbocycles. The molecule has 0 aromatic rings. The second-order valence-electron chi connectivity index (χ2n) is 5.64. The molecule has 0 spiro atoms. The third kappa shape index (κ3) is 2.51. The number of hydrogen-bond donors (Lipinski definition) is 0. The number of hydrogen-bond acceptors (Lipinski definition) is 2. The van der Waals surface area contributed by atoms with E-state index in [-0.39, 0.29) is 0 Å². The Morgan fingerprint density at radius 3 is 2.07 bits per heavy atom. The Morgan fingerprint density at radius 1 is 1.13 bits per heavy atom. The molecule has 0 aromatic heterocycles. The Bertz CT molecular complexity index is 212. The number of rotatable bonds is 2. The van der Waals surface area contributed by atoms with Crippen molar-refractivity contribution >= 4 is 0 Å². The van der Waals surface area contributed by atoms with Crippen molar-refractivity contribution in [1.29, 1.82) is 0 Å². The maximum atomic E-state index is 13.4. The molecule has 2 fully saturated rings. The highest BCUT2D eigenvalue weighted by Gasteiger charge is 2.43. The molecule has 2 rings (SSSR count). The van der Waals surface area contributed by atoms with Gasteiger partial charge in [0.1, 0.15) is 5.67 Å². The first-order valence-electron chi connectivity index (χ1n) is 6.15. The first kappa shape index (κ1) is 11.3. The smallest absolute Gasteiger partial charge is 0.111 e. The quantitative estimate of drug-likeness (QED) is 0.693. The van der Waals surface area contributed by atoms with Crippen LogP contribution in [0.1, 0.15) is 33.6 Å². The first-order valence-corrected chi connectivity index (χ1v) is 6.15. The zero-order valence-electron chi connectivity index (χ0n) is 10.2. The van der Waals surface area contributed by atoms with Crippen molar-refractivity contribution in [1.82, 2.24) is 9.80 Å². The van der Waals surface area contributed by atoms with Crippen LogP contribution < -0.4 is 0 Å². The van der Waals surface area contributed by atoms with Crippen LogP contribution in [0.25, 0.3) is 0 Å². The Balaban J connectivity index is 1.75. The molecule has 0 radical (unpaired) electrons. The largest absolute Gasteiger partial charge is 0.298 e. The van der Waals surface area contributed by atoms with Gasteiger partial charge >= 0.3 is 0 Å². The van der Waals surface area contributed by atoms with Gasteiger partial charge in [-0.3, -0.25) is 9.80 Å². The van der Waals surface area contributed by atoms with Gasteiger partial charge in [0.25, 0.3) is 0 Å². The lowest BCUT2D eigenvalue weighted by Gasteiger charge is -2.48. The maximum absolute atomic E-state index is 13.4. The number of alkyl halides is 1. The van der Waals surface area contributed by atoms with E-state index in [1.165, 1.54) is 0 Å². The summed E-state index contributed by atoms with van der Waals surface area (Å²) in [5.74, 6) is 0. The molecule has 2 aliphatic rings. The summed E-state index contributed by atoms with van der Waals surface area (Å²) in [5, 5.41) is 0. The van der Waals surface area contributed by atoms with Gasteiger partial charge in [0, 0.05) is 38.3 Å². The Labute approximate surface area is 92.4 Å². The summed E-state index contributed by atoms with van der Waals surface area (Å²) >= 11 is 0. The fraction of sp³-hybridized carbons (Fsp3) is 1.00. The number of halogens is 1. The molecule has 3 heteroatoms. The summed E-state index contributed by atoms with van der Waals surface area (Å²) in [5.41, 5.74) is -0.875. The van der Waals surface area contributed by atoms with E-state index in [1.54, 1.807) is 6.92 Å². The molecule has 15 heavy (non-hydrogen) atoms. The Kier molecular flexibility index (Phi) is 3.04. The van der Waals surface area contributed by atoms with E-state index in [2.05, 4.69) is 23.6 Å². The van der Waals surface area contributed by atoms with Gasteiger partial charge in [-0.25, -0.2) is 4.39 Å². The highest BCUT2D eigenvalue weighted by atomic mass is 19.1. The minimum Gasteiger partial charge on any atom is -0.298 e. The van der Waals surface area contributed by atoms with Crippen molar-refractivity contribution in [2.45, 2.75) is 51.4 Å². The molecule has 1 saturated heterocycles. The van der Waals surface area contributed by atoms with Gasteiger partial charge in [-0.1, -0.05) is 0 Å². The lowest BCUT2D eigenvalue weighted by Crippen LogP contribution is -2.58. The molecule has 2 nitrogen and oxygen atoms in total. The van der Waals surface area contributed by atoms with E-state index >= 15 is 0 Å². The van der Waals surface area contributed by atoms with Gasteiger partial charge in [0.2, 0.25) is 0 Å². The van der Waals surface area contributed by atoms with E-state index in [1.807, 2.05) is 0 Å². The normalized spacial score (nSPS) is 39.4. The van der Waals surface area contributed by atoms with Crippen molar-refractivity contribution in [3.05, 3.63) is 0 Å². The molecule has 0 amide bonds. The van der Waals surface area contributed by atoms with Crippen molar-refractivity contribution in [3.8, 4) is 0 Å². The first-order chi connectivity index (χ1) is 6.98.